The fraction of sp³-hybridized carbons (Fsp3) is 0.238. The van der Waals surface area contributed by atoms with E-state index in [2.05, 4.69) is 15.3 Å². The number of anilines is 1. The Labute approximate surface area is 165 Å². The molecule has 0 amide bonds. The maximum atomic E-state index is 12.4. The molecule has 4 aromatic rings. The largest absolute Gasteiger partial charge is 0.367 e. The van der Waals surface area contributed by atoms with E-state index >= 15 is 0 Å². The van der Waals surface area contributed by atoms with Gasteiger partial charge in [0.05, 0.1) is 21.7 Å². The van der Waals surface area contributed by atoms with Gasteiger partial charge in [-0.1, -0.05) is 36.0 Å². The van der Waals surface area contributed by atoms with E-state index in [4.69, 9.17) is 9.97 Å². The summed E-state index contributed by atoms with van der Waals surface area (Å²) in [6, 6.07) is 15.9. The van der Waals surface area contributed by atoms with Gasteiger partial charge >= 0.3 is 0 Å². The summed E-state index contributed by atoms with van der Waals surface area (Å²) in [6.45, 7) is 2.00. The summed E-state index contributed by atoms with van der Waals surface area (Å²) in [4.78, 5) is 29.4. The molecule has 28 heavy (non-hydrogen) atoms. The molecule has 0 bridgehead atoms. The van der Waals surface area contributed by atoms with E-state index in [1.165, 1.54) is 24.6 Å². The Morgan fingerprint density at radius 1 is 1.00 bits per heavy atom. The van der Waals surface area contributed by atoms with Crippen molar-refractivity contribution in [2.75, 3.05) is 5.32 Å². The average Bonchev–Trinajstić information content (AvgIpc) is 3.52. The minimum absolute atomic E-state index is 0.0905. The minimum atomic E-state index is -0.122. The van der Waals surface area contributed by atoms with Crippen molar-refractivity contribution < 1.29 is 0 Å². The number of hydrogen-bond donors (Lipinski definition) is 2. The van der Waals surface area contributed by atoms with Crippen LogP contribution in [0.3, 0.4) is 0 Å². The Bertz CT molecular complexity index is 1230. The molecule has 0 saturated heterocycles. The van der Waals surface area contributed by atoms with E-state index < -0.39 is 0 Å². The van der Waals surface area contributed by atoms with E-state index in [9.17, 15) is 4.79 Å². The Hall–Kier alpha value is -2.93. The molecule has 2 heterocycles. The second-order valence-electron chi connectivity index (χ2n) is 7.02. The number of aromatic amines is 1. The quantitative estimate of drug-likeness (QED) is 0.391. The lowest BCUT2D eigenvalue weighted by molar-refractivity contribution is 0.906. The Morgan fingerprint density at radius 2 is 1.68 bits per heavy atom. The van der Waals surface area contributed by atoms with E-state index in [0.29, 0.717) is 27.9 Å². The van der Waals surface area contributed by atoms with Crippen molar-refractivity contribution in [3.8, 4) is 0 Å². The molecule has 0 unspecified atom stereocenters. The number of benzene rings is 2. The molecule has 7 heteroatoms. The van der Waals surface area contributed by atoms with Gasteiger partial charge in [0.1, 0.15) is 11.6 Å². The number of aromatic nitrogens is 4. The van der Waals surface area contributed by atoms with Crippen LogP contribution in [0.1, 0.15) is 30.8 Å². The number of para-hydroxylation sites is 2. The van der Waals surface area contributed by atoms with E-state index in [1.807, 2.05) is 49.4 Å². The highest BCUT2D eigenvalue weighted by molar-refractivity contribution is 7.99. The summed E-state index contributed by atoms with van der Waals surface area (Å²) in [5.74, 6) is 1.50. The normalized spacial score (nSPS) is 15.0. The summed E-state index contributed by atoms with van der Waals surface area (Å²) in [7, 11) is 0. The molecule has 5 rings (SSSR count). The molecule has 0 spiro atoms. The molecule has 2 aromatic heterocycles. The first-order chi connectivity index (χ1) is 13.7. The van der Waals surface area contributed by atoms with Gasteiger partial charge in [-0.2, -0.15) is 0 Å². The molecule has 2 aromatic carbocycles. The number of rotatable bonds is 5. The second-order valence-corrected chi connectivity index (χ2v) is 8.33. The van der Waals surface area contributed by atoms with E-state index in [0.717, 1.165) is 16.7 Å². The monoisotopic (exact) mass is 389 g/mol. The maximum absolute atomic E-state index is 12.4. The van der Waals surface area contributed by atoms with Crippen molar-refractivity contribution >= 4 is 39.4 Å². The van der Waals surface area contributed by atoms with Crippen LogP contribution < -0.4 is 10.9 Å². The van der Waals surface area contributed by atoms with Crippen LogP contribution >= 0.6 is 11.8 Å². The van der Waals surface area contributed by atoms with Gasteiger partial charge < -0.3 is 10.3 Å². The maximum Gasteiger partial charge on any atom is 0.258 e. The number of thioether (sulfide) groups is 1. The van der Waals surface area contributed by atoms with Crippen molar-refractivity contribution in [1.29, 1.82) is 0 Å². The molecule has 2 N–H and O–H groups in total. The van der Waals surface area contributed by atoms with Gasteiger partial charge in [-0.3, -0.25) is 4.79 Å². The fourth-order valence-corrected chi connectivity index (χ4v) is 3.98. The summed E-state index contributed by atoms with van der Waals surface area (Å²) in [6.07, 6.45) is 2.36. The van der Waals surface area contributed by atoms with Crippen LogP contribution in [-0.4, -0.2) is 26.0 Å². The number of fused-ring (bicyclic) bond motifs is 2. The highest BCUT2D eigenvalue weighted by atomic mass is 32.2. The lowest BCUT2D eigenvalue weighted by Gasteiger charge is -2.13. The molecule has 6 nitrogen and oxygen atoms in total. The first-order valence-corrected chi connectivity index (χ1v) is 10.2. The standard InChI is InChI=1S/C21H19N5OS/c1-12(18-23-17-9-5-3-7-15(17)20(27)25-18)28-21-24-16-8-4-2-6-14(16)19(26-21)22-13-10-11-13/h2-9,12-13H,10-11H2,1H3,(H,22,24,26)(H,23,25,27)/t12-/m1/s1. The van der Waals surface area contributed by atoms with Gasteiger partial charge in [0, 0.05) is 11.4 Å². The number of H-pyrrole nitrogens is 1. The minimum Gasteiger partial charge on any atom is -0.367 e. The molecule has 0 aliphatic heterocycles. The first kappa shape index (κ1) is 17.2. The summed E-state index contributed by atoms with van der Waals surface area (Å²) in [5.41, 5.74) is 1.49. The molecule has 1 atom stereocenters. The van der Waals surface area contributed by atoms with Gasteiger partial charge in [-0.05, 0) is 44.0 Å². The van der Waals surface area contributed by atoms with Gasteiger partial charge in [-0.25, -0.2) is 15.0 Å². The number of hydrogen-bond acceptors (Lipinski definition) is 6. The second kappa shape index (κ2) is 6.91. The number of nitrogens with zero attached hydrogens (tertiary/aromatic N) is 3. The smallest absolute Gasteiger partial charge is 0.258 e. The summed E-state index contributed by atoms with van der Waals surface area (Å²) >= 11 is 1.50. The van der Waals surface area contributed by atoms with Gasteiger partial charge in [0.15, 0.2) is 5.16 Å². The van der Waals surface area contributed by atoms with Crippen LogP contribution in [0.2, 0.25) is 0 Å². The summed E-state index contributed by atoms with van der Waals surface area (Å²) < 4.78 is 0. The van der Waals surface area contributed by atoms with Crippen LogP contribution in [-0.2, 0) is 0 Å². The zero-order valence-electron chi connectivity index (χ0n) is 15.3. The van der Waals surface area contributed by atoms with Crippen molar-refractivity contribution in [3.63, 3.8) is 0 Å². The Morgan fingerprint density at radius 3 is 2.43 bits per heavy atom. The predicted octanol–water partition coefficient (Wildman–Crippen LogP) is 4.29. The van der Waals surface area contributed by atoms with Crippen molar-refractivity contribution in [1.82, 2.24) is 19.9 Å². The molecule has 1 saturated carbocycles. The highest BCUT2D eigenvalue weighted by Crippen LogP contribution is 2.34. The van der Waals surface area contributed by atoms with Gasteiger partial charge in [0.2, 0.25) is 0 Å². The van der Waals surface area contributed by atoms with Crippen LogP contribution in [0, 0.1) is 0 Å². The van der Waals surface area contributed by atoms with Crippen molar-refractivity contribution in [3.05, 3.63) is 64.7 Å². The van der Waals surface area contributed by atoms with E-state index in [1.54, 1.807) is 6.07 Å². The fourth-order valence-electron chi connectivity index (χ4n) is 3.15. The first-order valence-electron chi connectivity index (χ1n) is 9.36. The molecule has 140 valence electrons. The van der Waals surface area contributed by atoms with Gasteiger partial charge in [-0.15, -0.1) is 0 Å². The number of nitrogens with one attached hydrogen (secondary N) is 2. The van der Waals surface area contributed by atoms with Crippen molar-refractivity contribution in [2.24, 2.45) is 0 Å². The Balaban J connectivity index is 1.50. The molecule has 1 aliphatic rings. The molecular weight excluding hydrogens is 370 g/mol. The third-order valence-electron chi connectivity index (χ3n) is 4.80. The SMILES string of the molecule is C[C@@H](Sc1nc(NC2CC2)c2ccccc2n1)c1nc2ccccc2c(=O)[nH]1. The lowest BCUT2D eigenvalue weighted by Crippen LogP contribution is -2.13. The average molecular weight is 389 g/mol. The molecule has 1 aliphatic carbocycles. The molecule has 0 radical (unpaired) electrons. The van der Waals surface area contributed by atoms with Crippen molar-refractivity contribution in [2.45, 2.75) is 36.2 Å². The topological polar surface area (TPSA) is 83.6 Å². The van der Waals surface area contributed by atoms with E-state index in [-0.39, 0.29) is 10.8 Å². The molecule has 1 fully saturated rings. The third kappa shape index (κ3) is 3.33. The van der Waals surface area contributed by atoms with Crippen LogP contribution in [0.15, 0.2) is 58.5 Å². The van der Waals surface area contributed by atoms with Crippen LogP contribution in [0.5, 0.6) is 0 Å². The zero-order valence-corrected chi connectivity index (χ0v) is 16.2. The van der Waals surface area contributed by atoms with Gasteiger partial charge in [0.25, 0.3) is 5.56 Å². The zero-order chi connectivity index (χ0) is 19.1. The van der Waals surface area contributed by atoms with Crippen LogP contribution in [0.25, 0.3) is 21.8 Å². The summed E-state index contributed by atoms with van der Waals surface area (Å²) in [5, 5.41) is 5.72. The molecular formula is C21H19N5OS. The predicted molar refractivity (Wildman–Crippen MR) is 113 cm³/mol. The highest BCUT2D eigenvalue weighted by Gasteiger charge is 2.23. The Kier molecular flexibility index (Phi) is 4.24. The van der Waals surface area contributed by atoms with Crippen LogP contribution in [0.4, 0.5) is 5.82 Å². The lowest BCUT2D eigenvalue weighted by atomic mass is 10.2. The third-order valence-corrected chi connectivity index (χ3v) is 5.77.